The minimum absolute atomic E-state index is 0.142. The number of hydrogen-bond donors (Lipinski definition) is 1. The molecule has 0 aromatic carbocycles. The molecular formula is C16H21N3OS4. The molecule has 1 amide bonds. The minimum Gasteiger partial charge on any atom is -0.300 e. The van der Waals surface area contributed by atoms with E-state index in [1.165, 1.54) is 35.7 Å². The topological polar surface area (TPSA) is 54.9 Å². The lowest BCUT2D eigenvalue weighted by Crippen LogP contribution is -2.41. The first-order valence-corrected chi connectivity index (χ1v) is 12.1. The molecule has 4 rings (SSSR count). The molecule has 130 valence electrons. The number of thioether (sulfide) groups is 3. The third-order valence-corrected chi connectivity index (χ3v) is 11.2. The van der Waals surface area contributed by atoms with Gasteiger partial charge in [0, 0.05) is 23.2 Å². The summed E-state index contributed by atoms with van der Waals surface area (Å²) in [6.07, 6.45) is 6.53. The largest absolute Gasteiger partial charge is 0.300 e. The molecule has 1 aromatic rings. The van der Waals surface area contributed by atoms with E-state index in [4.69, 9.17) is 0 Å². The van der Waals surface area contributed by atoms with Crippen LogP contribution in [0.4, 0.5) is 5.13 Å². The minimum atomic E-state index is 0.142. The van der Waals surface area contributed by atoms with Crippen LogP contribution in [0.5, 0.6) is 0 Å². The van der Waals surface area contributed by atoms with E-state index < -0.39 is 0 Å². The van der Waals surface area contributed by atoms with Crippen LogP contribution in [0.15, 0.2) is 17.0 Å². The molecule has 2 heterocycles. The van der Waals surface area contributed by atoms with E-state index in [0.29, 0.717) is 21.0 Å². The maximum absolute atomic E-state index is 12.7. The van der Waals surface area contributed by atoms with Crippen molar-refractivity contribution in [2.24, 2.45) is 17.8 Å². The molecule has 1 spiro atoms. The Morgan fingerprint density at radius 1 is 1.29 bits per heavy atom. The molecule has 2 aliphatic carbocycles. The molecule has 3 aliphatic rings. The average molecular weight is 400 g/mol. The molecule has 3 atom stereocenters. The Hall–Kier alpha value is -0.180. The number of carbonyl (C=O) groups is 1. The summed E-state index contributed by atoms with van der Waals surface area (Å²) in [4.78, 5) is 12.7. The summed E-state index contributed by atoms with van der Waals surface area (Å²) in [5.41, 5.74) is 0. The summed E-state index contributed by atoms with van der Waals surface area (Å²) in [5.74, 6) is 5.07. The first-order valence-electron chi connectivity index (χ1n) is 8.37. The third kappa shape index (κ3) is 3.15. The van der Waals surface area contributed by atoms with Gasteiger partial charge in [0.15, 0.2) is 4.34 Å². The number of aromatic nitrogens is 2. The Bertz CT molecular complexity index is 613. The number of nitrogens with zero attached hydrogens (tertiary/aromatic N) is 2. The summed E-state index contributed by atoms with van der Waals surface area (Å²) in [6.45, 7) is 3.70. The Balaban J connectivity index is 1.38. The van der Waals surface area contributed by atoms with Crippen LogP contribution in [-0.2, 0) is 4.79 Å². The second-order valence-corrected chi connectivity index (χ2v) is 11.8. The van der Waals surface area contributed by atoms with Gasteiger partial charge in [-0.3, -0.25) is 4.79 Å². The summed E-state index contributed by atoms with van der Waals surface area (Å²) in [5, 5.41) is 11.9. The molecule has 1 unspecified atom stereocenters. The van der Waals surface area contributed by atoms with Crippen molar-refractivity contribution in [1.82, 2.24) is 10.2 Å². The maximum Gasteiger partial charge on any atom is 0.229 e. The number of hydrogen-bond acceptors (Lipinski definition) is 7. The van der Waals surface area contributed by atoms with Gasteiger partial charge in [0.05, 0.1) is 4.08 Å². The summed E-state index contributed by atoms with van der Waals surface area (Å²) in [7, 11) is 0. The van der Waals surface area contributed by atoms with Crippen LogP contribution in [0.2, 0.25) is 0 Å². The Labute approximate surface area is 159 Å². The second-order valence-electron chi connectivity index (χ2n) is 6.52. The van der Waals surface area contributed by atoms with Crippen molar-refractivity contribution in [3.63, 3.8) is 0 Å². The van der Waals surface area contributed by atoms with E-state index >= 15 is 0 Å². The molecule has 1 saturated heterocycles. The zero-order valence-corrected chi connectivity index (χ0v) is 16.7. The molecule has 2 bridgehead atoms. The van der Waals surface area contributed by atoms with Crippen LogP contribution in [0, 0.1) is 17.8 Å². The van der Waals surface area contributed by atoms with Crippen LogP contribution in [-0.4, -0.2) is 37.4 Å². The Morgan fingerprint density at radius 3 is 2.67 bits per heavy atom. The first kappa shape index (κ1) is 17.2. The molecule has 3 fully saturated rings. The van der Waals surface area contributed by atoms with Gasteiger partial charge in [-0.1, -0.05) is 29.2 Å². The molecule has 1 aliphatic heterocycles. The highest BCUT2D eigenvalue weighted by Gasteiger charge is 2.57. The summed E-state index contributed by atoms with van der Waals surface area (Å²) < 4.78 is 1.32. The quantitative estimate of drug-likeness (QED) is 0.451. The van der Waals surface area contributed by atoms with E-state index in [1.54, 1.807) is 11.8 Å². The lowest BCUT2D eigenvalue weighted by molar-refractivity contribution is -0.121. The van der Waals surface area contributed by atoms with Crippen molar-refractivity contribution in [2.75, 3.05) is 22.6 Å². The van der Waals surface area contributed by atoms with Crippen molar-refractivity contribution < 1.29 is 4.79 Å². The van der Waals surface area contributed by atoms with Gasteiger partial charge in [-0.25, -0.2) is 0 Å². The molecule has 0 radical (unpaired) electrons. The van der Waals surface area contributed by atoms with E-state index in [1.807, 2.05) is 6.08 Å². The smallest absolute Gasteiger partial charge is 0.229 e. The average Bonchev–Trinajstić information content (AvgIpc) is 3.27. The standard InChI is InChI=1S/C16H21N3OS4/c1-2-5-21-15-19-18-14(24-15)17-13(20)10-8-11-3-4-12(9-10)16(11)22-6-7-23-16/h2,10-12H,1,3-9H2,(H,17,18,20)/t10?,11-,12+. The van der Waals surface area contributed by atoms with Gasteiger partial charge in [-0.05, 0) is 37.5 Å². The zero-order valence-electron chi connectivity index (χ0n) is 13.4. The fourth-order valence-corrected chi connectivity index (χ4v) is 9.72. The van der Waals surface area contributed by atoms with Gasteiger partial charge in [-0.2, -0.15) is 0 Å². The van der Waals surface area contributed by atoms with Crippen molar-refractivity contribution in [3.8, 4) is 0 Å². The summed E-state index contributed by atoms with van der Waals surface area (Å²) >= 11 is 7.40. The highest BCUT2D eigenvalue weighted by atomic mass is 32.2. The van der Waals surface area contributed by atoms with Gasteiger partial charge in [0.25, 0.3) is 0 Å². The predicted molar refractivity (Wildman–Crippen MR) is 106 cm³/mol. The monoisotopic (exact) mass is 399 g/mol. The predicted octanol–water partition coefficient (Wildman–Crippen LogP) is 4.37. The molecule has 4 nitrogen and oxygen atoms in total. The van der Waals surface area contributed by atoms with Crippen molar-refractivity contribution >= 4 is 57.7 Å². The van der Waals surface area contributed by atoms with Crippen LogP contribution in [0.25, 0.3) is 0 Å². The van der Waals surface area contributed by atoms with Crippen LogP contribution >= 0.6 is 46.6 Å². The van der Waals surface area contributed by atoms with E-state index in [-0.39, 0.29) is 11.8 Å². The molecular weight excluding hydrogens is 378 g/mol. The van der Waals surface area contributed by atoms with Gasteiger partial charge < -0.3 is 5.32 Å². The van der Waals surface area contributed by atoms with E-state index in [9.17, 15) is 4.79 Å². The number of amides is 1. The maximum atomic E-state index is 12.7. The number of carbonyl (C=O) groups excluding carboxylic acids is 1. The molecule has 2 saturated carbocycles. The Kier molecular flexibility index (Phi) is 5.18. The molecule has 1 aromatic heterocycles. The van der Waals surface area contributed by atoms with Gasteiger partial charge in [-0.15, -0.1) is 40.3 Å². The third-order valence-electron chi connectivity index (χ3n) is 5.21. The first-order chi connectivity index (χ1) is 11.7. The lowest BCUT2D eigenvalue weighted by atomic mass is 9.79. The highest BCUT2D eigenvalue weighted by Crippen LogP contribution is 2.65. The van der Waals surface area contributed by atoms with Gasteiger partial charge >= 0.3 is 0 Å². The Morgan fingerprint density at radius 2 is 2.00 bits per heavy atom. The highest BCUT2D eigenvalue weighted by molar-refractivity contribution is 8.21. The normalized spacial score (nSPS) is 30.6. The van der Waals surface area contributed by atoms with Crippen LogP contribution < -0.4 is 5.32 Å². The molecule has 8 heteroatoms. The van der Waals surface area contributed by atoms with Crippen LogP contribution in [0.3, 0.4) is 0 Å². The van der Waals surface area contributed by atoms with Crippen molar-refractivity contribution in [2.45, 2.75) is 34.1 Å². The number of anilines is 1. The van der Waals surface area contributed by atoms with Crippen molar-refractivity contribution in [3.05, 3.63) is 12.7 Å². The second kappa shape index (κ2) is 7.21. The molecule has 1 N–H and O–H groups in total. The number of rotatable bonds is 5. The fourth-order valence-electron chi connectivity index (χ4n) is 4.27. The summed E-state index contributed by atoms with van der Waals surface area (Å²) in [6, 6.07) is 0. The van der Waals surface area contributed by atoms with Gasteiger partial charge in [0.2, 0.25) is 11.0 Å². The SMILES string of the molecule is C=CCSc1nnc(NC(=O)C2C[C@H]3CC[C@@H](C2)C32SCCS2)s1. The van der Waals surface area contributed by atoms with E-state index in [2.05, 4.69) is 45.6 Å². The van der Waals surface area contributed by atoms with Gasteiger partial charge in [0.1, 0.15) is 0 Å². The lowest BCUT2D eigenvalue weighted by Gasteiger charge is -2.42. The zero-order chi connectivity index (χ0) is 16.6. The van der Waals surface area contributed by atoms with E-state index in [0.717, 1.165) is 22.9 Å². The van der Waals surface area contributed by atoms with Crippen molar-refractivity contribution in [1.29, 1.82) is 0 Å². The van der Waals surface area contributed by atoms with Crippen LogP contribution in [0.1, 0.15) is 25.7 Å². The fraction of sp³-hybridized carbons (Fsp3) is 0.688. The molecule has 24 heavy (non-hydrogen) atoms. The number of nitrogens with one attached hydrogen (secondary N) is 1.